The van der Waals surface area contributed by atoms with Crippen molar-refractivity contribution in [3.8, 4) is 5.75 Å². The molecular formula is C17H24AsNO6. The van der Waals surface area contributed by atoms with Gasteiger partial charge in [-0.05, 0) is 0 Å². The first-order valence-electron chi connectivity index (χ1n) is 8.35. The first-order valence-corrected chi connectivity index (χ1v) is 11.7. The van der Waals surface area contributed by atoms with E-state index in [0.29, 0.717) is 5.92 Å². The van der Waals surface area contributed by atoms with Crippen LogP contribution in [0.25, 0.3) is 0 Å². The van der Waals surface area contributed by atoms with E-state index in [9.17, 15) is 22.5 Å². The number of amides is 1. The molecule has 1 aliphatic carbocycles. The van der Waals surface area contributed by atoms with Crippen molar-refractivity contribution in [3.05, 3.63) is 18.2 Å². The van der Waals surface area contributed by atoms with E-state index < -0.39 is 26.0 Å². The summed E-state index contributed by atoms with van der Waals surface area (Å²) in [5.74, 6) is -0.803. The molecule has 1 saturated carbocycles. The fourth-order valence-electron chi connectivity index (χ4n) is 3.20. The van der Waals surface area contributed by atoms with Gasteiger partial charge in [-0.1, -0.05) is 0 Å². The molecule has 3 unspecified atom stereocenters. The molecule has 25 heavy (non-hydrogen) atoms. The second kappa shape index (κ2) is 8.10. The van der Waals surface area contributed by atoms with E-state index in [0.717, 1.165) is 31.7 Å². The maximum atomic E-state index is 12.6. The quantitative estimate of drug-likeness (QED) is 0.634. The van der Waals surface area contributed by atoms with E-state index in [1.54, 1.807) is 0 Å². The summed E-state index contributed by atoms with van der Waals surface area (Å²) < 4.78 is 27.6. The topological polar surface area (TPSA) is 113 Å². The summed E-state index contributed by atoms with van der Waals surface area (Å²) >= 11 is -5.20. The summed E-state index contributed by atoms with van der Waals surface area (Å²) in [7, 11) is 0. The first-order chi connectivity index (χ1) is 11.7. The zero-order valence-corrected chi connectivity index (χ0v) is 16.3. The van der Waals surface area contributed by atoms with Gasteiger partial charge in [0, 0.05) is 0 Å². The van der Waals surface area contributed by atoms with Gasteiger partial charge in [0.25, 0.3) is 0 Å². The third-order valence-corrected chi connectivity index (χ3v) is 7.58. The van der Waals surface area contributed by atoms with E-state index in [2.05, 4.69) is 12.2 Å². The van der Waals surface area contributed by atoms with E-state index in [-0.39, 0.29) is 28.1 Å². The summed E-state index contributed by atoms with van der Waals surface area (Å²) in [6.45, 7) is 3.31. The monoisotopic (exact) mass is 413 g/mol. The van der Waals surface area contributed by atoms with Gasteiger partial charge in [-0.3, -0.25) is 0 Å². The molecule has 1 aromatic rings. The summed E-state index contributed by atoms with van der Waals surface area (Å²) in [6.07, 6.45) is 4.26. The van der Waals surface area contributed by atoms with E-state index >= 15 is 0 Å². The molecule has 7 nitrogen and oxygen atoms in total. The number of hydrogen-bond donors (Lipinski definition) is 3. The van der Waals surface area contributed by atoms with E-state index in [4.69, 9.17) is 3.73 Å². The minimum atomic E-state index is -5.20. The molecule has 3 atom stereocenters. The molecule has 1 aromatic carbocycles. The Balaban J connectivity index is 2.14. The molecule has 3 N–H and O–H groups in total. The van der Waals surface area contributed by atoms with Crippen molar-refractivity contribution in [2.45, 2.75) is 46.0 Å². The van der Waals surface area contributed by atoms with Gasteiger partial charge in [0.1, 0.15) is 0 Å². The van der Waals surface area contributed by atoms with Crippen molar-refractivity contribution < 1.29 is 26.3 Å². The Bertz CT molecular complexity index is 704. The number of rotatable bonds is 5. The van der Waals surface area contributed by atoms with Crippen molar-refractivity contribution in [1.82, 2.24) is 0 Å². The van der Waals surface area contributed by atoms with Gasteiger partial charge in [-0.15, -0.1) is 0 Å². The predicted octanol–water partition coefficient (Wildman–Crippen LogP) is 1.68. The Morgan fingerprint density at radius 2 is 2.00 bits per heavy atom. The zero-order valence-electron chi connectivity index (χ0n) is 14.4. The van der Waals surface area contributed by atoms with Gasteiger partial charge < -0.3 is 0 Å². The maximum absolute atomic E-state index is 12.6. The molecule has 8 heteroatoms. The molecule has 0 heterocycles. The Morgan fingerprint density at radius 1 is 1.32 bits per heavy atom. The fourth-order valence-corrected chi connectivity index (χ4v) is 5.58. The van der Waals surface area contributed by atoms with Crippen LogP contribution in [0.5, 0.6) is 5.75 Å². The summed E-state index contributed by atoms with van der Waals surface area (Å²) in [5.41, 5.74) is -0.0312. The number of phenols is 1. The summed E-state index contributed by atoms with van der Waals surface area (Å²) in [4.78, 5) is 23.4. The Morgan fingerprint density at radius 3 is 2.64 bits per heavy atom. The molecule has 0 aromatic heterocycles. The van der Waals surface area contributed by atoms with Crippen LogP contribution in [0.15, 0.2) is 18.2 Å². The molecule has 0 aliphatic heterocycles. The molecule has 1 aliphatic rings. The van der Waals surface area contributed by atoms with Gasteiger partial charge >= 0.3 is 149 Å². The number of aromatic hydroxyl groups is 1. The number of phenolic OH excluding ortho intramolecular Hbond substituents is 1. The number of hydrogen-bond acceptors (Lipinski definition) is 5. The molecule has 0 radical (unpaired) electrons. The molecule has 0 bridgehead atoms. The van der Waals surface area contributed by atoms with Gasteiger partial charge in [0.05, 0.1) is 0 Å². The van der Waals surface area contributed by atoms with Crippen molar-refractivity contribution in [3.63, 3.8) is 0 Å². The molecule has 0 spiro atoms. The average molecular weight is 413 g/mol. The third-order valence-electron chi connectivity index (χ3n) is 4.54. The molecular weight excluding hydrogens is 389 g/mol. The van der Waals surface area contributed by atoms with Crippen LogP contribution in [0.4, 0.5) is 5.69 Å². The van der Waals surface area contributed by atoms with Crippen LogP contribution in [-0.4, -0.2) is 35.3 Å². The van der Waals surface area contributed by atoms with E-state index in [1.165, 1.54) is 19.1 Å². The van der Waals surface area contributed by atoms with Crippen LogP contribution in [0.1, 0.15) is 46.0 Å². The standard InChI is InChI=1S/C17H24AsNO6/c1-11-5-3-4-6-13(11)9-17(22)25-18(23,24)15-8-7-14(21)10-16(15)19-12(2)20/h7-8,10-11,13,21H,3-6,9H2,1-2H3,(H,19,20)(H,23,24). The number of benzene rings is 1. The third kappa shape index (κ3) is 5.38. The van der Waals surface area contributed by atoms with Crippen molar-refractivity contribution in [2.24, 2.45) is 11.8 Å². The van der Waals surface area contributed by atoms with Crippen molar-refractivity contribution in [1.29, 1.82) is 0 Å². The predicted molar refractivity (Wildman–Crippen MR) is 92.5 cm³/mol. The van der Waals surface area contributed by atoms with Crippen LogP contribution in [-0.2, 0) is 17.1 Å². The van der Waals surface area contributed by atoms with Crippen molar-refractivity contribution >= 4 is 36.1 Å². The Kier molecular flexibility index (Phi) is 6.35. The molecule has 2 rings (SSSR count). The number of anilines is 1. The zero-order chi connectivity index (χ0) is 18.6. The normalized spacial score (nSPS) is 22.7. The van der Waals surface area contributed by atoms with Gasteiger partial charge in [0.2, 0.25) is 0 Å². The van der Waals surface area contributed by atoms with Crippen LogP contribution in [0.2, 0.25) is 0 Å². The van der Waals surface area contributed by atoms with Crippen molar-refractivity contribution in [2.75, 3.05) is 5.32 Å². The molecule has 1 fully saturated rings. The number of nitrogens with one attached hydrogen (secondary N) is 1. The second-order valence-corrected chi connectivity index (χ2v) is 10.2. The van der Waals surface area contributed by atoms with Gasteiger partial charge in [0.15, 0.2) is 0 Å². The van der Waals surface area contributed by atoms with Crippen LogP contribution < -0.4 is 9.67 Å². The summed E-state index contributed by atoms with van der Waals surface area (Å²) in [5, 5.41) is 11.9. The average Bonchev–Trinajstić information content (AvgIpc) is 2.48. The van der Waals surface area contributed by atoms with Gasteiger partial charge in [-0.2, -0.15) is 0 Å². The summed E-state index contributed by atoms with van der Waals surface area (Å²) in [6, 6.07) is 3.55. The first kappa shape index (κ1) is 19.6. The SMILES string of the molecule is CC(=O)Nc1cc(O)ccc1[As](=O)(O)OC(=O)CC1CCCCC1C. The number of carbonyl (C=O) groups is 2. The van der Waals surface area contributed by atoms with Gasteiger partial charge in [-0.25, -0.2) is 0 Å². The Labute approximate surface area is 149 Å². The number of carbonyl (C=O) groups excluding carboxylic acids is 2. The molecule has 0 saturated heterocycles. The molecule has 1 amide bonds. The molecule has 138 valence electrons. The Hall–Kier alpha value is -1.72. The van der Waals surface area contributed by atoms with Crippen LogP contribution in [0, 0.1) is 11.8 Å². The van der Waals surface area contributed by atoms with E-state index in [1.807, 2.05) is 0 Å². The van der Waals surface area contributed by atoms with Crippen LogP contribution >= 0.6 is 0 Å². The fraction of sp³-hybridized carbons (Fsp3) is 0.529. The van der Waals surface area contributed by atoms with Crippen LogP contribution in [0.3, 0.4) is 0 Å². The minimum absolute atomic E-state index is 0.0312. The second-order valence-electron chi connectivity index (χ2n) is 6.59.